The predicted octanol–water partition coefficient (Wildman–Crippen LogP) is 6.26. The second-order valence-electron chi connectivity index (χ2n) is 8.10. The van der Waals surface area contributed by atoms with Crippen LogP contribution in [0.3, 0.4) is 0 Å². The highest BCUT2D eigenvalue weighted by atomic mass is 16.1. The molecule has 0 amide bonds. The second kappa shape index (κ2) is 9.12. The summed E-state index contributed by atoms with van der Waals surface area (Å²) in [5, 5.41) is 0.531. The van der Waals surface area contributed by atoms with Crippen molar-refractivity contribution >= 4 is 22.8 Å². The molecule has 0 bridgehead atoms. The van der Waals surface area contributed by atoms with E-state index in [9.17, 15) is 9.59 Å². The average Bonchev–Trinajstić information content (AvgIpc) is 2.89. The quantitative estimate of drug-likeness (QED) is 0.239. The average molecular weight is 443 g/mol. The molecule has 1 aromatic heterocycles. The summed E-state index contributed by atoms with van der Waals surface area (Å²) in [6.07, 6.45) is 3.08. The SMILES string of the molecule is Cc1ccc(-n2c(/C=C/C(=O)c3ccc(-c4ccccc4)cc3)nc3ccccc3c2=O)cc1. The number of nitrogens with zero attached hydrogens (tertiary/aromatic N) is 2. The number of aromatic nitrogens is 2. The second-order valence-corrected chi connectivity index (χ2v) is 8.10. The van der Waals surface area contributed by atoms with Crippen molar-refractivity contribution in [3.8, 4) is 16.8 Å². The van der Waals surface area contributed by atoms with E-state index in [0.717, 1.165) is 16.7 Å². The van der Waals surface area contributed by atoms with Gasteiger partial charge in [0.05, 0.1) is 16.6 Å². The first-order valence-electron chi connectivity index (χ1n) is 11.1. The molecule has 4 nitrogen and oxygen atoms in total. The van der Waals surface area contributed by atoms with Crippen molar-refractivity contribution < 1.29 is 4.79 Å². The monoisotopic (exact) mass is 442 g/mol. The minimum Gasteiger partial charge on any atom is -0.289 e. The summed E-state index contributed by atoms with van der Waals surface area (Å²) in [5.41, 5.74) is 4.93. The summed E-state index contributed by atoms with van der Waals surface area (Å²) >= 11 is 0. The molecule has 0 saturated carbocycles. The number of benzene rings is 4. The van der Waals surface area contributed by atoms with Crippen molar-refractivity contribution in [2.45, 2.75) is 6.92 Å². The van der Waals surface area contributed by atoms with Gasteiger partial charge in [-0.05, 0) is 54.5 Å². The number of fused-ring (bicyclic) bond motifs is 1. The van der Waals surface area contributed by atoms with E-state index in [0.29, 0.717) is 28.0 Å². The topological polar surface area (TPSA) is 52.0 Å². The predicted molar refractivity (Wildman–Crippen MR) is 137 cm³/mol. The first kappa shape index (κ1) is 21.3. The minimum atomic E-state index is -0.172. The molecule has 5 aromatic rings. The first-order chi connectivity index (χ1) is 16.6. The number of ketones is 1. The van der Waals surface area contributed by atoms with Gasteiger partial charge in [-0.3, -0.25) is 14.2 Å². The van der Waals surface area contributed by atoms with Gasteiger partial charge >= 0.3 is 0 Å². The Labute approximate surface area is 197 Å². The number of carbonyl (C=O) groups excluding carboxylic acids is 1. The van der Waals surface area contributed by atoms with E-state index >= 15 is 0 Å². The maximum atomic E-state index is 13.3. The highest BCUT2D eigenvalue weighted by Gasteiger charge is 2.12. The molecule has 0 radical (unpaired) electrons. The minimum absolute atomic E-state index is 0.155. The third-order valence-electron chi connectivity index (χ3n) is 5.75. The fourth-order valence-corrected chi connectivity index (χ4v) is 3.91. The highest BCUT2D eigenvalue weighted by molar-refractivity contribution is 6.07. The Balaban J connectivity index is 1.52. The van der Waals surface area contributed by atoms with E-state index < -0.39 is 0 Å². The van der Waals surface area contributed by atoms with Crippen LogP contribution in [0.4, 0.5) is 0 Å². The molecule has 0 atom stereocenters. The van der Waals surface area contributed by atoms with Crippen LogP contribution in [0.2, 0.25) is 0 Å². The molecule has 4 aromatic carbocycles. The lowest BCUT2D eigenvalue weighted by Gasteiger charge is -2.11. The van der Waals surface area contributed by atoms with Crippen molar-refractivity contribution in [3.63, 3.8) is 0 Å². The van der Waals surface area contributed by atoms with Gasteiger partial charge in [0.25, 0.3) is 5.56 Å². The fraction of sp³-hybridized carbons (Fsp3) is 0.0333. The largest absolute Gasteiger partial charge is 0.289 e. The van der Waals surface area contributed by atoms with Crippen LogP contribution in [0.15, 0.2) is 114 Å². The third kappa shape index (κ3) is 4.21. The van der Waals surface area contributed by atoms with Gasteiger partial charge in [0, 0.05) is 5.56 Å². The van der Waals surface area contributed by atoms with Crippen LogP contribution in [0, 0.1) is 6.92 Å². The van der Waals surface area contributed by atoms with Gasteiger partial charge in [-0.25, -0.2) is 4.98 Å². The maximum Gasteiger partial charge on any atom is 0.266 e. The van der Waals surface area contributed by atoms with Crippen molar-refractivity contribution in [1.82, 2.24) is 9.55 Å². The summed E-state index contributed by atoms with van der Waals surface area (Å²) in [4.78, 5) is 30.9. The van der Waals surface area contributed by atoms with Crippen LogP contribution < -0.4 is 5.56 Å². The van der Waals surface area contributed by atoms with Crippen LogP contribution in [-0.4, -0.2) is 15.3 Å². The molecule has 1 heterocycles. The lowest BCUT2D eigenvalue weighted by Crippen LogP contribution is -2.22. The molecule has 4 heteroatoms. The van der Waals surface area contributed by atoms with Gasteiger partial charge in [0.1, 0.15) is 5.82 Å². The Bertz CT molecular complexity index is 1560. The lowest BCUT2D eigenvalue weighted by atomic mass is 10.0. The molecule has 0 fully saturated rings. The fourth-order valence-electron chi connectivity index (χ4n) is 3.91. The number of hydrogen-bond acceptors (Lipinski definition) is 3. The number of allylic oxidation sites excluding steroid dienone is 1. The molecule has 0 aliphatic heterocycles. The van der Waals surface area contributed by atoms with E-state index in [1.165, 1.54) is 6.08 Å². The first-order valence-corrected chi connectivity index (χ1v) is 11.1. The molecule has 164 valence electrons. The van der Waals surface area contributed by atoms with E-state index in [1.807, 2.05) is 97.9 Å². The molecular weight excluding hydrogens is 420 g/mol. The van der Waals surface area contributed by atoms with Crippen LogP contribution in [0.25, 0.3) is 33.8 Å². The Morgan fingerprint density at radius 3 is 2.15 bits per heavy atom. The van der Waals surface area contributed by atoms with Crippen LogP contribution in [-0.2, 0) is 0 Å². The molecule has 5 rings (SSSR count). The van der Waals surface area contributed by atoms with Crippen molar-refractivity contribution in [1.29, 1.82) is 0 Å². The van der Waals surface area contributed by atoms with Crippen LogP contribution >= 0.6 is 0 Å². The number of hydrogen-bond donors (Lipinski definition) is 0. The van der Waals surface area contributed by atoms with Gasteiger partial charge < -0.3 is 0 Å². The number of para-hydroxylation sites is 1. The normalized spacial score (nSPS) is 11.2. The van der Waals surface area contributed by atoms with Crippen LogP contribution in [0.5, 0.6) is 0 Å². The number of carbonyl (C=O) groups is 1. The summed E-state index contributed by atoms with van der Waals surface area (Å²) in [5.74, 6) is 0.249. The van der Waals surface area contributed by atoms with Gasteiger partial charge in [0.2, 0.25) is 0 Å². The Kier molecular flexibility index (Phi) is 5.71. The van der Waals surface area contributed by atoms with Gasteiger partial charge in [-0.15, -0.1) is 0 Å². The lowest BCUT2D eigenvalue weighted by molar-refractivity contribution is 0.104. The zero-order valence-corrected chi connectivity index (χ0v) is 18.7. The van der Waals surface area contributed by atoms with Crippen LogP contribution in [0.1, 0.15) is 21.7 Å². The summed E-state index contributed by atoms with van der Waals surface area (Å²) in [7, 11) is 0. The van der Waals surface area contributed by atoms with Crippen molar-refractivity contribution in [2.24, 2.45) is 0 Å². The zero-order chi connectivity index (χ0) is 23.5. The van der Waals surface area contributed by atoms with Gasteiger partial charge in [0.15, 0.2) is 5.78 Å². The number of aryl methyl sites for hydroxylation is 1. The van der Waals surface area contributed by atoms with Gasteiger partial charge in [-0.2, -0.15) is 0 Å². The van der Waals surface area contributed by atoms with E-state index in [2.05, 4.69) is 4.98 Å². The number of rotatable bonds is 5. The molecule has 0 aliphatic rings. The standard InChI is InChI=1S/C30H22N2O2/c1-21-11-17-25(18-12-21)32-29(31-27-10-6-5-9-26(27)30(32)34)20-19-28(33)24-15-13-23(14-16-24)22-7-3-2-4-8-22/h2-20H,1H3/b20-19+. The molecule has 0 aliphatic carbocycles. The highest BCUT2D eigenvalue weighted by Crippen LogP contribution is 2.20. The Hall–Kier alpha value is -4.57. The van der Waals surface area contributed by atoms with E-state index in [1.54, 1.807) is 22.8 Å². The molecule has 0 N–H and O–H groups in total. The summed E-state index contributed by atoms with van der Waals surface area (Å²) in [6, 6.07) is 32.4. The maximum absolute atomic E-state index is 13.3. The van der Waals surface area contributed by atoms with E-state index in [-0.39, 0.29) is 11.3 Å². The summed E-state index contributed by atoms with van der Waals surface area (Å²) in [6.45, 7) is 1.99. The van der Waals surface area contributed by atoms with Crippen molar-refractivity contribution in [3.05, 3.63) is 137 Å². The molecule has 0 spiro atoms. The Morgan fingerprint density at radius 2 is 1.41 bits per heavy atom. The van der Waals surface area contributed by atoms with Gasteiger partial charge in [-0.1, -0.05) is 84.4 Å². The van der Waals surface area contributed by atoms with E-state index in [4.69, 9.17) is 0 Å². The third-order valence-corrected chi connectivity index (χ3v) is 5.75. The zero-order valence-electron chi connectivity index (χ0n) is 18.7. The molecule has 0 saturated heterocycles. The molecular formula is C30H22N2O2. The molecule has 34 heavy (non-hydrogen) atoms. The Morgan fingerprint density at radius 1 is 0.765 bits per heavy atom. The summed E-state index contributed by atoms with van der Waals surface area (Å²) < 4.78 is 1.55. The smallest absolute Gasteiger partial charge is 0.266 e. The molecule has 0 unspecified atom stereocenters. The van der Waals surface area contributed by atoms with Crippen molar-refractivity contribution in [2.75, 3.05) is 0 Å².